The maximum Gasteiger partial charge on any atom is 0.124 e. The third-order valence-corrected chi connectivity index (χ3v) is 3.31. The quantitative estimate of drug-likeness (QED) is 0.805. The molecule has 0 fully saturated rings. The van der Waals surface area contributed by atoms with Crippen LogP contribution in [0.2, 0.25) is 0 Å². The number of hydrogen-bond acceptors (Lipinski definition) is 5. The first-order chi connectivity index (χ1) is 10.6. The smallest absolute Gasteiger partial charge is 0.124 e. The molecule has 0 bridgehead atoms. The number of phenolic OH excluding ortho intramolecular Hbond substituents is 1. The van der Waals surface area contributed by atoms with Gasteiger partial charge in [0.2, 0.25) is 0 Å². The summed E-state index contributed by atoms with van der Waals surface area (Å²) in [7, 11) is 3.50. The molecule has 0 aromatic heterocycles. The van der Waals surface area contributed by atoms with Crippen LogP contribution in [-0.4, -0.2) is 43.7 Å². The van der Waals surface area contributed by atoms with Gasteiger partial charge in [-0.15, -0.1) is 0 Å². The Balaban J connectivity index is 2.13. The van der Waals surface area contributed by atoms with Gasteiger partial charge in [-0.25, -0.2) is 0 Å². The minimum absolute atomic E-state index is 0.117. The normalized spacial score (nSPS) is 10.9. The number of aliphatic hydroxyl groups is 1. The lowest BCUT2D eigenvalue weighted by Gasteiger charge is -2.17. The lowest BCUT2D eigenvalue weighted by atomic mass is 10.2. The summed E-state index contributed by atoms with van der Waals surface area (Å²) in [5.74, 6) is 0.823. The number of ether oxygens (including phenoxy) is 1. The molecule has 0 radical (unpaired) electrons. The number of phenols is 1. The summed E-state index contributed by atoms with van der Waals surface area (Å²) in [6.45, 7) is 0.700. The summed E-state index contributed by atoms with van der Waals surface area (Å²) in [6, 6.07) is 12.6. The molecule has 0 spiro atoms. The number of aromatic hydroxyl groups is 1. The summed E-state index contributed by atoms with van der Waals surface area (Å²) < 4.78 is 5.13. The van der Waals surface area contributed by atoms with Gasteiger partial charge in [-0.2, -0.15) is 0 Å². The lowest BCUT2D eigenvalue weighted by molar-refractivity contribution is 0.304. The van der Waals surface area contributed by atoms with Crippen molar-refractivity contribution >= 4 is 17.6 Å². The van der Waals surface area contributed by atoms with Gasteiger partial charge in [0.15, 0.2) is 0 Å². The van der Waals surface area contributed by atoms with Crippen molar-refractivity contribution < 1.29 is 14.9 Å². The van der Waals surface area contributed by atoms with E-state index in [0.29, 0.717) is 17.9 Å². The first kappa shape index (κ1) is 15.9. The highest BCUT2D eigenvalue weighted by atomic mass is 16.5. The molecule has 0 amide bonds. The Bertz CT molecular complexity index is 639. The molecule has 5 nitrogen and oxygen atoms in total. The molecule has 2 rings (SSSR count). The van der Waals surface area contributed by atoms with Gasteiger partial charge < -0.3 is 19.8 Å². The second-order valence-corrected chi connectivity index (χ2v) is 4.84. The summed E-state index contributed by atoms with van der Waals surface area (Å²) in [6.07, 6.45) is 1.60. The van der Waals surface area contributed by atoms with E-state index in [0.717, 1.165) is 11.4 Å². The third kappa shape index (κ3) is 3.99. The molecule has 5 heteroatoms. The zero-order chi connectivity index (χ0) is 15.9. The van der Waals surface area contributed by atoms with Crippen molar-refractivity contribution in [1.82, 2.24) is 0 Å². The largest absolute Gasteiger partial charge is 0.507 e. The van der Waals surface area contributed by atoms with E-state index in [-0.39, 0.29) is 12.4 Å². The SMILES string of the molecule is COc1ccc(O)c(C=Nc2ccc(N(C)CCO)cc2)c1. The maximum absolute atomic E-state index is 9.81. The number of rotatable bonds is 6. The van der Waals surface area contributed by atoms with Crippen molar-refractivity contribution in [3.8, 4) is 11.5 Å². The van der Waals surface area contributed by atoms with E-state index in [9.17, 15) is 5.11 Å². The Kier molecular flexibility index (Phi) is 5.38. The van der Waals surface area contributed by atoms with Crippen molar-refractivity contribution in [1.29, 1.82) is 0 Å². The molecule has 0 aliphatic rings. The molecule has 0 atom stereocenters. The van der Waals surface area contributed by atoms with Gasteiger partial charge in [-0.1, -0.05) is 0 Å². The number of aliphatic imine (C=N–C) groups is 1. The topological polar surface area (TPSA) is 65.3 Å². The van der Waals surface area contributed by atoms with Gasteiger partial charge in [-0.05, 0) is 42.5 Å². The Morgan fingerprint density at radius 2 is 1.91 bits per heavy atom. The summed E-state index contributed by atoms with van der Waals surface area (Å²) in [5, 5.41) is 18.7. The number of methoxy groups -OCH3 is 1. The first-order valence-corrected chi connectivity index (χ1v) is 6.97. The van der Waals surface area contributed by atoms with Crippen LogP contribution in [0.25, 0.3) is 0 Å². The molecule has 0 aliphatic carbocycles. The molecule has 22 heavy (non-hydrogen) atoms. The Morgan fingerprint density at radius 3 is 2.55 bits per heavy atom. The lowest BCUT2D eigenvalue weighted by Crippen LogP contribution is -2.20. The van der Waals surface area contributed by atoms with E-state index >= 15 is 0 Å². The summed E-state index contributed by atoms with van der Waals surface area (Å²) in [5.41, 5.74) is 2.39. The average molecular weight is 300 g/mol. The summed E-state index contributed by atoms with van der Waals surface area (Å²) in [4.78, 5) is 6.31. The molecule has 2 aromatic carbocycles. The number of nitrogens with zero attached hydrogens (tertiary/aromatic N) is 2. The van der Waals surface area contributed by atoms with Crippen LogP contribution in [0.15, 0.2) is 47.5 Å². The summed E-state index contributed by atoms with van der Waals surface area (Å²) >= 11 is 0. The molecule has 2 N–H and O–H groups in total. The van der Waals surface area contributed by atoms with Crippen molar-refractivity contribution in [2.24, 2.45) is 4.99 Å². The third-order valence-electron chi connectivity index (χ3n) is 3.31. The van der Waals surface area contributed by atoms with Crippen molar-refractivity contribution in [2.75, 3.05) is 32.2 Å². The number of aliphatic hydroxyl groups excluding tert-OH is 1. The van der Waals surface area contributed by atoms with Crippen LogP contribution in [0.4, 0.5) is 11.4 Å². The van der Waals surface area contributed by atoms with Crippen LogP contribution in [0.3, 0.4) is 0 Å². The monoisotopic (exact) mass is 300 g/mol. The van der Waals surface area contributed by atoms with Crippen molar-refractivity contribution in [3.63, 3.8) is 0 Å². The predicted molar refractivity (Wildman–Crippen MR) is 88.7 cm³/mol. The fourth-order valence-corrected chi connectivity index (χ4v) is 1.98. The van der Waals surface area contributed by atoms with E-state index in [1.165, 1.54) is 0 Å². The van der Waals surface area contributed by atoms with Crippen LogP contribution < -0.4 is 9.64 Å². The average Bonchev–Trinajstić information content (AvgIpc) is 2.55. The van der Waals surface area contributed by atoms with Gasteiger partial charge in [0.1, 0.15) is 11.5 Å². The molecular formula is C17H20N2O3. The highest BCUT2D eigenvalue weighted by Gasteiger charge is 2.02. The zero-order valence-electron chi connectivity index (χ0n) is 12.7. The minimum Gasteiger partial charge on any atom is -0.507 e. The Morgan fingerprint density at radius 1 is 1.18 bits per heavy atom. The maximum atomic E-state index is 9.81. The van der Waals surface area contributed by atoms with Gasteiger partial charge in [0.05, 0.1) is 19.4 Å². The zero-order valence-corrected chi connectivity index (χ0v) is 12.7. The standard InChI is InChI=1S/C17H20N2O3/c1-19(9-10-20)15-5-3-14(4-6-15)18-12-13-11-16(22-2)7-8-17(13)21/h3-8,11-12,20-21H,9-10H2,1-2H3. The van der Waals surface area contributed by atoms with Crippen LogP contribution in [0.1, 0.15) is 5.56 Å². The van der Waals surface area contributed by atoms with Gasteiger partial charge in [-0.3, -0.25) is 4.99 Å². The Labute approximate surface area is 130 Å². The molecule has 116 valence electrons. The number of hydrogen-bond donors (Lipinski definition) is 2. The van der Waals surface area contributed by atoms with Gasteiger partial charge in [0.25, 0.3) is 0 Å². The molecule has 0 saturated carbocycles. The second-order valence-electron chi connectivity index (χ2n) is 4.84. The van der Waals surface area contributed by atoms with E-state index in [1.54, 1.807) is 31.5 Å². The second kappa shape index (κ2) is 7.47. The molecular weight excluding hydrogens is 280 g/mol. The first-order valence-electron chi connectivity index (χ1n) is 6.97. The minimum atomic E-state index is 0.117. The highest BCUT2D eigenvalue weighted by Crippen LogP contribution is 2.23. The van der Waals surface area contributed by atoms with Crippen LogP contribution in [-0.2, 0) is 0 Å². The highest BCUT2D eigenvalue weighted by molar-refractivity contribution is 5.86. The molecule has 2 aromatic rings. The number of benzene rings is 2. The Hall–Kier alpha value is -2.53. The fraction of sp³-hybridized carbons (Fsp3) is 0.235. The van der Waals surface area contributed by atoms with E-state index in [1.807, 2.05) is 36.2 Å². The predicted octanol–water partition coefficient (Wildman–Crippen LogP) is 2.58. The van der Waals surface area contributed by atoms with Crippen molar-refractivity contribution in [3.05, 3.63) is 48.0 Å². The van der Waals surface area contributed by atoms with E-state index < -0.39 is 0 Å². The number of likely N-dealkylation sites (N-methyl/N-ethyl adjacent to an activating group) is 1. The molecule has 0 saturated heterocycles. The molecule has 0 heterocycles. The van der Waals surface area contributed by atoms with Gasteiger partial charge in [0, 0.05) is 31.1 Å². The van der Waals surface area contributed by atoms with Crippen LogP contribution >= 0.6 is 0 Å². The van der Waals surface area contributed by atoms with E-state index in [4.69, 9.17) is 9.84 Å². The van der Waals surface area contributed by atoms with Crippen molar-refractivity contribution in [2.45, 2.75) is 0 Å². The fourth-order valence-electron chi connectivity index (χ4n) is 1.98. The molecule has 0 unspecified atom stereocenters. The molecule has 0 aliphatic heterocycles. The van der Waals surface area contributed by atoms with Gasteiger partial charge >= 0.3 is 0 Å². The van der Waals surface area contributed by atoms with E-state index in [2.05, 4.69) is 4.99 Å². The van der Waals surface area contributed by atoms with Crippen LogP contribution in [0.5, 0.6) is 11.5 Å². The number of anilines is 1. The van der Waals surface area contributed by atoms with Crippen LogP contribution in [0, 0.1) is 0 Å².